The summed E-state index contributed by atoms with van der Waals surface area (Å²) in [5.41, 5.74) is 2.55. The number of ether oxygens (including phenoxy) is 1. The maximum Gasteiger partial charge on any atom is 0.323 e. The maximum atomic E-state index is 14.0. The lowest BCUT2D eigenvalue weighted by Crippen LogP contribution is -2.47. The highest BCUT2D eigenvalue weighted by atomic mass is 35.5. The molecule has 0 saturated carbocycles. The molecule has 1 aliphatic carbocycles. The highest BCUT2D eigenvalue weighted by Gasteiger charge is 2.44. The molecule has 11 heteroatoms. The number of para-hydroxylation sites is 1. The van der Waals surface area contributed by atoms with E-state index in [0.717, 1.165) is 5.56 Å². The van der Waals surface area contributed by atoms with Crippen molar-refractivity contribution < 1.29 is 29.3 Å². The Morgan fingerprint density at radius 2 is 1.84 bits per heavy atom. The summed E-state index contributed by atoms with van der Waals surface area (Å²) in [4.78, 5) is 41.6. The van der Waals surface area contributed by atoms with E-state index in [2.05, 4.69) is 16.0 Å². The van der Waals surface area contributed by atoms with Crippen molar-refractivity contribution in [3.63, 3.8) is 0 Å². The molecule has 230 valence electrons. The summed E-state index contributed by atoms with van der Waals surface area (Å²) in [5.74, 6) is -0.268. The summed E-state index contributed by atoms with van der Waals surface area (Å²) in [6, 6.07) is 17.8. The van der Waals surface area contributed by atoms with Gasteiger partial charge >= 0.3 is 6.03 Å². The second kappa shape index (κ2) is 13.0. The van der Waals surface area contributed by atoms with Gasteiger partial charge in [-0.3, -0.25) is 14.5 Å². The number of hydrogen-bond donors (Lipinski definition) is 5. The second-order valence-corrected chi connectivity index (χ2v) is 12.0. The van der Waals surface area contributed by atoms with Crippen LogP contribution in [0.15, 0.2) is 78.0 Å². The molecule has 0 fully saturated rings. The third kappa shape index (κ3) is 6.66. The largest absolute Gasteiger partial charge is 0.506 e. The van der Waals surface area contributed by atoms with Gasteiger partial charge in [0.15, 0.2) is 5.78 Å². The molecular formula is C33H35ClN4O6. The minimum Gasteiger partial charge on any atom is -0.506 e. The number of halogens is 1. The Bertz CT molecular complexity index is 1610. The summed E-state index contributed by atoms with van der Waals surface area (Å²) in [6.07, 6.45) is 0.717. The van der Waals surface area contributed by atoms with Crippen molar-refractivity contribution in [2.75, 3.05) is 29.9 Å². The Morgan fingerprint density at radius 3 is 2.57 bits per heavy atom. The van der Waals surface area contributed by atoms with Gasteiger partial charge in [0.2, 0.25) is 5.91 Å². The molecule has 0 saturated heterocycles. The Kier molecular flexibility index (Phi) is 9.12. The zero-order valence-corrected chi connectivity index (χ0v) is 25.3. The number of carbonyl (C=O) groups excluding carboxylic acids is 3. The molecule has 0 bridgehead atoms. The van der Waals surface area contributed by atoms with Crippen LogP contribution in [-0.4, -0.2) is 47.6 Å². The van der Waals surface area contributed by atoms with Crippen molar-refractivity contribution in [3.05, 3.63) is 94.1 Å². The van der Waals surface area contributed by atoms with E-state index in [0.29, 0.717) is 41.3 Å². The van der Waals surface area contributed by atoms with Crippen molar-refractivity contribution in [1.29, 1.82) is 0 Å². The third-order valence-electron chi connectivity index (χ3n) is 7.58. The summed E-state index contributed by atoms with van der Waals surface area (Å²) in [7, 11) is 0. The van der Waals surface area contributed by atoms with Gasteiger partial charge in [0.1, 0.15) is 23.8 Å². The molecule has 0 aromatic heterocycles. The molecule has 44 heavy (non-hydrogen) atoms. The number of phenols is 1. The van der Waals surface area contributed by atoms with Gasteiger partial charge in [0.25, 0.3) is 0 Å². The first-order chi connectivity index (χ1) is 21.1. The van der Waals surface area contributed by atoms with Crippen LogP contribution in [0.4, 0.5) is 16.2 Å². The van der Waals surface area contributed by atoms with E-state index in [1.165, 1.54) is 11.0 Å². The molecule has 0 radical (unpaired) electrons. The number of Topliss-reactive ketones (excluding diaryl/α,β-unsaturated/α-hetero) is 1. The first kappa shape index (κ1) is 30.9. The predicted octanol–water partition coefficient (Wildman–Crippen LogP) is 5.06. The van der Waals surface area contributed by atoms with Crippen molar-refractivity contribution >= 4 is 40.7 Å². The second-order valence-electron chi connectivity index (χ2n) is 11.6. The van der Waals surface area contributed by atoms with Crippen LogP contribution in [0.1, 0.15) is 43.9 Å². The summed E-state index contributed by atoms with van der Waals surface area (Å²) >= 11 is 6.92. The molecule has 1 heterocycles. The van der Waals surface area contributed by atoms with Crippen LogP contribution in [-0.2, 0) is 16.2 Å². The summed E-state index contributed by atoms with van der Waals surface area (Å²) in [5, 5.41) is 28.6. The van der Waals surface area contributed by atoms with E-state index >= 15 is 0 Å². The molecule has 3 aromatic carbocycles. The summed E-state index contributed by atoms with van der Waals surface area (Å²) < 4.78 is 5.97. The number of phenolic OH excluding ortho intramolecular Hbond substituents is 1. The van der Waals surface area contributed by atoms with Gasteiger partial charge in [-0.15, -0.1) is 0 Å². The summed E-state index contributed by atoms with van der Waals surface area (Å²) in [6.45, 7) is 3.72. The number of amides is 3. The third-order valence-corrected chi connectivity index (χ3v) is 7.90. The van der Waals surface area contributed by atoms with Gasteiger partial charge in [0, 0.05) is 29.3 Å². The number of rotatable bonds is 8. The highest BCUT2D eigenvalue weighted by Crippen LogP contribution is 2.51. The van der Waals surface area contributed by atoms with Crippen molar-refractivity contribution in [3.8, 4) is 11.5 Å². The lowest BCUT2D eigenvalue weighted by Gasteiger charge is -2.37. The van der Waals surface area contributed by atoms with Gasteiger partial charge < -0.3 is 30.9 Å². The van der Waals surface area contributed by atoms with E-state index in [4.69, 9.17) is 21.4 Å². The Labute approximate surface area is 260 Å². The van der Waals surface area contributed by atoms with Gasteiger partial charge in [-0.2, -0.15) is 0 Å². The van der Waals surface area contributed by atoms with Crippen molar-refractivity contribution in [1.82, 2.24) is 10.6 Å². The number of nitrogens with one attached hydrogen (secondary N) is 3. The number of anilines is 2. The number of allylic oxidation sites excluding steroid dienone is 1. The number of urea groups is 1. The fourth-order valence-corrected chi connectivity index (χ4v) is 5.89. The first-order valence-corrected chi connectivity index (χ1v) is 14.7. The number of ketones is 1. The highest BCUT2D eigenvalue weighted by molar-refractivity contribution is 6.31. The SMILES string of the molecule is CC1(C)CC(=O)C2=C(C1)Nc1c(O)cccc1N(C(=O)NCC(=O)NCCO)C2c1ccc(OCc2ccccc2)cc1Cl. The van der Waals surface area contributed by atoms with E-state index in [9.17, 15) is 19.5 Å². The zero-order valence-electron chi connectivity index (χ0n) is 24.5. The normalized spacial score (nSPS) is 17.1. The Balaban J connectivity index is 1.60. The van der Waals surface area contributed by atoms with Crippen LogP contribution in [0.25, 0.3) is 0 Å². The smallest absolute Gasteiger partial charge is 0.323 e. The number of fused-ring (bicyclic) bond motifs is 1. The fraction of sp³-hybridized carbons (Fsp3) is 0.303. The lowest BCUT2D eigenvalue weighted by atomic mass is 9.73. The van der Waals surface area contributed by atoms with Crippen molar-refractivity contribution in [2.24, 2.45) is 5.41 Å². The minimum absolute atomic E-state index is 0.0382. The van der Waals surface area contributed by atoms with Crippen LogP contribution in [0.5, 0.6) is 11.5 Å². The number of benzene rings is 3. The van der Waals surface area contributed by atoms with E-state index in [1.54, 1.807) is 30.3 Å². The Hall–Kier alpha value is -4.54. The first-order valence-electron chi connectivity index (χ1n) is 14.3. The quantitative estimate of drug-likeness (QED) is 0.222. The van der Waals surface area contributed by atoms with Gasteiger partial charge in [-0.25, -0.2) is 4.79 Å². The average molecular weight is 619 g/mol. The van der Waals surface area contributed by atoms with Crippen LogP contribution in [0, 0.1) is 5.41 Å². The van der Waals surface area contributed by atoms with Gasteiger partial charge in [-0.1, -0.05) is 67.9 Å². The van der Waals surface area contributed by atoms with Crippen LogP contribution in [0.2, 0.25) is 5.02 Å². The predicted molar refractivity (Wildman–Crippen MR) is 168 cm³/mol. The zero-order chi connectivity index (χ0) is 31.4. The van der Waals surface area contributed by atoms with Crippen molar-refractivity contribution in [2.45, 2.75) is 39.3 Å². The fourth-order valence-electron chi connectivity index (χ4n) is 5.62. The number of aliphatic hydroxyl groups is 1. The molecule has 5 N–H and O–H groups in total. The number of carbonyl (C=O) groups is 3. The molecular weight excluding hydrogens is 584 g/mol. The monoisotopic (exact) mass is 618 g/mol. The molecule has 1 atom stereocenters. The molecule has 3 aromatic rings. The average Bonchev–Trinajstić information content (AvgIpc) is 3.13. The molecule has 1 unspecified atom stereocenters. The van der Waals surface area contributed by atoms with Crippen LogP contribution >= 0.6 is 11.6 Å². The number of aromatic hydroxyl groups is 1. The molecule has 10 nitrogen and oxygen atoms in total. The number of nitrogens with zero attached hydrogens (tertiary/aromatic N) is 1. The lowest BCUT2D eigenvalue weighted by molar-refractivity contribution is -0.120. The number of hydrogen-bond acceptors (Lipinski definition) is 7. The van der Waals surface area contributed by atoms with Crippen LogP contribution < -0.4 is 25.6 Å². The van der Waals surface area contributed by atoms with E-state index in [-0.39, 0.29) is 53.8 Å². The minimum atomic E-state index is -1.000. The molecule has 3 amide bonds. The molecule has 5 rings (SSSR count). The standard InChI is InChI=1S/C33H35ClN4O6/c1-33(2)16-24-29(27(41)17-33)31(22-12-11-21(15-23(22)34)44-19-20-7-4-3-5-8-20)38(25-9-6-10-26(40)30(25)37-24)32(43)36-18-28(42)35-13-14-39/h3-12,15,31,37,39-40H,13-14,16-19H2,1-2H3,(H,35,42)(H,36,43). The van der Waals surface area contributed by atoms with Gasteiger partial charge in [-0.05, 0) is 47.2 Å². The molecule has 2 aliphatic rings. The number of aliphatic hydroxyl groups excluding tert-OH is 1. The molecule has 1 aliphatic heterocycles. The van der Waals surface area contributed by atoms with E-state index < -0.39 is 18.0 Å². The maximum absolute atomic E-state index is 14.0. The van der Waals surface area contributed by atoms with E-state index in [1.807, 2.05) is 44.2 Å². The Morgan fingerprint density at radius 1 is 1.07 bits per heavy atom. The van der Waals surface area contributed by atoms with Crippen LogP contribution in [0.3, 0.4) is 0 Å². The topological polar surface area (TPSA) is 140 Å². The molecule has 0 spiro atoms. The van der Waals surface area contributed by atoms with Gasteiger partial charge in [0.05, 0.1) is 24.9 Å².